The number of benzene rings is 2. The van der Waals surface area contributed by atoms with Gasteiger partial charge in [0.05, 0.1) is 12.6 Å². The van der Waals surface area contributed by atoms with Crippen LogP contribution in [-0.4, -0.2) is 27.1 Å². The number of carbonyl (C=O) groups is 1. The Morgan fingerprint density at radius 3 is 2.29 bits per heavy atom. The van der Waals surface area contributed by atoms with Crippen molar-refractivity contribution in [2.75, 3.05) is 7.11 Å². The van der Waals surface area contributed by atoms with Gasteiger partial charge in [-0.3, -0.25) is 0 Å². The van der Waals surface area contributed by atoms with Gasteiger partial charge in [0.2, 0.25) is 0 Å². The first-order valence-corrected chi connectivity index (χ1v) is 7.33. The Morgan fingerprint density at radius 1 is 1.08 bits per heavy atom. The summed E-state index contributed by atoms with van der Waals surface area (Å²) >= 11 is 8.67. The van der Waals surface area contributed by atoms with Crippen LogP contribution >= 0.6 is 11.6 Å². The highest BCUT2D eigenvalue weighted by molar-refractivity contribution is 7.44. The Balaban J connectivity index is 0.00000100. The van der Waals surface area contributed by atoms with E-state index in [1.54, 1.807) is 49.6 Å². The third kappa shape index (κ3) is 3.64. The topological polar surface area (TPSA) is 77.8 Å². The monoisotopic (exact) mass is 365 g/mol. The number of carboxylic acids is 1. The van der Waals surface area contributed by atoms with Crippen molar-refractivity contribution >= 4 is 41.0 Å². The van der Waals surface area contributed by atoms with E-state index in [9.17, 15) is 9.90 Å². The Bertz CT molecular complexity index is 863. The molecule has 0 spiro atoms. The highest BCUT2D eigenvalue weighted by Crippen LogP contribution is 2.26. The van der Waals surface area contributed by atoms with Gasteiger partial charge in [0.15, 0.2) is 24.0 Å². The number of halogens is 1. The zero-order valence-electron chi connectivity index (χ0n) is 12.4. The molecule has 0 radical (unpaired) electrons. The summed E-state index contributed by atoms with van der Waals surface area (Å²) in [5.41, 5.74) is 0.659. The summed E-state index contributed by atoms with van der Waals surface area (Å²) in [7, 11) is 1.56. The van der Waals surface area contributed by atoms with Crippen LogP contribution in [0, 0.1) is 0 Å². The van der Waals surface area contributed by atoms with Crippen molar-refractivity contribution in [2.24, 2.45) is 0 Å². The van der Waals surface area contributed by atoms with Crippen LogP contribution in [0.5, 0.6) is 11.5 Å². The molecule has 6 nitrogen and oxygen atoms in total. The van der Waals surface area contributed by atoms with Gasteiger partial charge in [0, 0.05) is 10.4 Å². The fraction of sp³-hybridized carbons (Fsp3) is 0.0625. The lowest BCUT2D eigenvalue weighted by Crippen LogP contribution is -2.13. The lowest BCUT2D eigenvalue weighted by molar-refractivity contribution is 0.0659. The first-order chi connectivity index (χ1) is 11.6. The van der Waals surface area contributed by atoms with Gasteiger partial charge in [-0.15, -0.1) is 0 Å². The molecule has 0 fully saturated rings. The number of aromatic nitrogens is 1. The standard InChI is InChI=1S/C16H12ClNO4.OS/c1-21-13-6-7-14-10(8-13)9-15(16(19)20)18(14)22-12-4-2-11(17)3-5-12;1-2/h2-9H,1H3,(H,19,20);. The van der Waals surface area contributed by atoms with Gasteiger partial charge in [-0.1, -0.05) is 11.6 Å². The molecule has 1 heterocycles. The molecular formula is C16H12ClNO5S. The SMILES string of the molecule is COc1ccc2c(c1)cc(C(=O)O)n2Oc1ccc(Cl)cc1.O=S. The largest absolute Gasteiger partial charge is 0.497 e. The van der Waals surface area contributed by atoms with Gasteiger partial charge in [0.1, 0.15) is 5.75 Å². The number of aromatic carboxylic acids is 1. The summed E-state index contributed by atoms with van der Waals surface area (Å²) in [6, 6.07) is 13.5. The van der Waals surface area contributed by atoms with Crippen LogP contribution in [0.2, 0.25) is 5.02 Å². The fourth-order valence-electron chi connectivity index (χ4n) is 2.14. The predicted molar refractivity (Wildman–Crippen MR) is 91.1 cm³/mol. The van der Waals surface area contributed by atoms with Gasteiger partial charge in [-0.05, 0) is 48.5 Å². The van der Waals surface area contributed by atoms with Crippen LogP contribution < -0.4 is 9.57 Å². The van der Waals surface area contributed by atoms with E-state index in [0.717, 1.165) is 0 Å². The fourth-order valence-corrected chi connectivity index (χ4v) is 2.27. The van der Waals surface area contributed by atoms with Crippen molar-refractivity contribution in [3.05, 3.63) is 59.2 Å². The van der Waals surface area contributed by atoms with Gasteiger partial charge in [-0.25, -0.2) is 4.79 Å². The molecule has 1 aromatic heterocycles. The van der Waals surface area contributed by atoms with E-state index in [1.807, 2.05) is 0 Å². The minimum Gasteiger partial charge on any atom is -0.497 e. The summed E-state index contributed by atoms with van der Waals surface area (Å²) < 4.78 is 14.3. The summed E-state index contributed by atoms with van der Waals surface area (Å²) in [5, 5.41) is 10.7. The maximum Gasteiger partial charge on any atom is 0.356 e. The van der Waals surface area contributed by atoms with Crippen molar-refractivity contribution in [1.29, 1.82) is 0 Å². The van der Waals surface area contributed by atoms with Crippen molar-refractivity contribution < 1.29 is 23.7 Å². The molecule has 8 heteroatoms. The summed E-state index contributed by atoms with van der Waals surface area (Å²) in [6.45, 7) is 0. The van der Waals surface area contributed by atoms with Crippen molar-refractivity contribution in [3.8, 4) is 11.5 Å². The van der Waals surface area contributed by atoms with E-state index in [4.69, 9.17) is 25.4 Å². The highest BCUT2D eigenvalue weighted by Gasteiger charge is 2.17. The number of methoxy groups -OCH3 is 1. The average Bonchev–Trinajstić information content (AvgIpc) is 2.96. The summed E-state index contributed by atoms with van der Waals surface area (Å²) in [4.78, 5) is 17.1. The number of fused-ring (bicyclic) bond motifs is 1. The van der Waals surface area contributed by atoms with Gasteiger partial charge in [-0.2, -0.15) is 8.94 Å². The lowest BCUT2D eigenvalue weighted by Gasteiger charge is -2.10. The van der Waals surface area contributed by atoms with Gasteiger partial charge < -0.3 is 14.7 Å². The number of ether oxygens (including phenoxy) is 1. The van der Waals surface area contributed by atoms with Crippen molar-refractivity contribution in [2.45, 2.75) is 0 Å². The number of hydrogen-bond donors (Lipinski definition) is 1. The van der Waals surface area contributed by atoms with Gasteiger partial charge >= 0.3 is 5.97 Å². The Hall–Kier alpha value is -2.64. The molecule has 0 saturated carbocycles. The third-order valence-corrected chi connectivity index (χ3v) is 3.45. The molecular weight excluding hydrogens is 354 g/mol. The van der Waals surface area contributed by atoms with E-state index in [1.165, 1.54) is 10.8 Å². The molecule has 3 rings (SSSR count). The second-order valence-corrected chi connectivity index (χ2v) is 5.04. The van der Waals surface area contributed by atoms with Crippen LogP contribution in [0.15, 0.2) is 48.5 Å². The molecule has 0 unspecified atom stereocenters. The molecule has 24 heavy (non-hydrogen) atoms. The molecule has 0 bridgehead atoms. The maximum absolute atomic E-state index is 11.4. The smallest absolute Gasteiger partial charge is 0.356 e. The normalized spacial score (nSPS) is 9.92. The van der Waals surface area contributed by atoms with Crippen LogP contribution in [-0.2, 0) is 12.5 Å². The molecule has 0 aliphatic heterocycles. The van der Waals surface area contributed by atoms with E-state index in [2.05, 4.69) is 12.5 Å². The van der Waals surface area contributed by atoms with Crippen molar-refractivity contribution in [1.82, 2.24) is 4.73 Å². The minimum atomic E-state index is -1.08. The summed E-state index contributed by atoms with van der Waals surface area (Å²) in [6.07, 6.45) is 0. The minimum absolute atomic E-state index is 0.0261. The van der Waals surface area contributed by atoms with Crippen LogP contribution in [0.3, 0.4) is 0 Å². The number of carboxylic acid groups (broad SMARTS) is 1. The molecule has 0 amide bonds. The predicted octanol–water partition coefficient (Wildman–Crippen LogP) is 3.51. The molecule has 124 valence electrons. The quantitative estimate of drug-likeness (QED) is 0.762. The van der Waals surface area contributed by atoms with E-state index >= 15 is 0 Å². The molecule has 0 aliphatic rings. The second-order valence-electron chi connectivity index (χ2n) is 4.60. The maximum atomic E-state index is 11.4. The van der Waals surface area contributed by atoms with Crippen molar-refractivity contribution in [3.63, 3.8) is 0 Å². The molecule has 0 atom stereocenters. The lowest BCUT2D eigenvalue weighted by atomic mass is 10.2. The van der Waals surface area contributed by atoms with Crippen LogP contribution in [0.1, 0.15) is 10.5 Å². The van der Waals surface area contributed by atoms with Gasteiger partial charge in [0.25, 0.3) is 0 Å². The Labute approximate surface area is 147 Å². The summed E-state index contributed by atoms with van der Waals surface area (Å²) in [5.74, 6) is 0.0532. The van der Waals surface area contributed by atoms with E-state index in [-0.39, 0.29) is 5.69 Å². The molecule has 3 aromatic rings. The second kappa shape index (κ2) is 7.76. The van der Waals surface area contributed by atoms with Crippen LogP contribution in [0.4, 0.5) is 0 Å². The average molecular weight is 366 g/mol. The Kier molecular flexibility index (Phi) is 5.73. The molecule has 2 aromatic carbocycles. The van der Waals surface area contributed by atoms with Crippen LogP contribution in [0.25, 0.3) is 10.9 Å². The third-order valence-electron chi connectivity index (χ3n) is 3.19. The Morgan fingerprint density at radius 2 is 1.71 bits per heavy atom. The zero-order chi connectivity index (χ0) is 17.7. The number of hydrogen-bond acceptors (Lipinski definition) is 5. The molecule has 0 saturated heterocycles. The van der Waals surface area contributed by atoms with E-state index < -0.39 is 5.97 Å². The zero-order valence-corrected chi connectivity index (χ0v) is 14.0. The van der Waals surface area contributed by atoms with E-state index in [0.29, 0.717) is 27.4 Å². The molecule has 0 aliphatic carbocycles. The molecule has 1 N–H and O–H groups in total. The number of rotatable bonds is 4. The first-order valence-electron chi connectivity index (χ1n) is 6.62. The first kappa shape index (κ1) is 17.7. The number of nitrogens with zero attached hydrogens (tertiary/aromatic N) is 1. The highest BCUT2D eigenvalue weighted by atomic mass is 35.5.